The fourth-order valence-electron chi connectivity index (χ4n) is 3.18. The van der Waals surface area contributed by atoms with Gasteiger partial charge in [-0.3, -0.25) is 0 Å². The van der Waals surface area contributed by atoms with Crippen molar-refractivity contribution in [2.24, 2.45) is 5.92 Å². The highest BCUT2D eigenvalue weighted by atomic mass is 16.5. The van der Waals surface area contributed by atoms with E-state index in [1.54, 1.807) is 12.1 Å². The van der Waals surface area contributed by atoms with Crippen LogP contribution in [0.3, 0.4) is 0 Å². The highest BCUT2D eigenvalue weighted by Gasteiger charge is 2.22. The third-order valence-electron chi connectivity index (χ3n) is 4.50. The average molecular weight is 321 g/mol. The van der Waals surface area contributed by atoms with Crippen molar-refractivity contribution >= 4 is 0 Å². The Hall–Kier alpha value is -1.10. The zero-order chi connectivity index (χ0) is 16.7. The van der Waals surface area contributed by atoms with Gasteiger partial charge in [-0.2, -0.15) is 0 Å². The van der Waals surface area contributed by atoms with Crippen molar-refractivity contribution in [3.63, 3.8) is 0 Å². The van der Waals surface area contributed by atoms with Crippen LogP contribution in [-0.4, -0.2) is 42.1 Å². The predicted octanol–water partition coefficient (Wildman–Crippen LogP) is 3.04. The predicted molar refractivity (Wildman–Crippen MR) is 92.8 cm³/mol. The summed E-state index contributed by atoms with van der Waals surface area (Å²) in [7, 11) is 0. The van der Waals surface area contributed by atoms with E-state index in [1.807, 2.05) is 12.1 Å². The Morgan fingerprint density at radius 3 is 2.35 bits per heavy atom. The van der Waals surface area contributed by atoms with Gasteiger partial charge in [-0.05, 0) is 55.2 Å². The van der Waals surface area contributed by atoms with Gasteiger partial charge in [-0.15, -0.1) is 0 Å². The molecule has 1 aliphatic carbocycles. The molecule has 23 heavy (non-hydrogen) atoms. The van der Waals surface area contributed by atoms with Crippen LogP contribution in [0.4, 0.5) is 0 Å². The SMILES string of the molecule is CC(C)COCC(O)CNC1CCC(c2ccc(O)cc2)CC1. The van der Waals surface area contributed by atoms with E-state index < -0.39 is 6.10 Å². The van der Waals surface area contributed by atoms with Crippen molar-refractivity contribution in [3.8, 4) is 5.75 Å². The van der Waals surface area contributed by atoms with Crippen molar-refractivity contribution in [2.45, 2.75) is 57.6 Å². The molecule has 0 aromatic heterocycles. The van der Waals surface area contributed by atoms with Crippen molar-refractivity contribution in [2.75, 3.05) is 19.8 Å². The molecular formula is C19H31NO3. The minimum atomic E-state index is -0.427. The first kappa shape index (κ1) is 18.2. The summed E-state index contributed by atoms with van der Waals surface area (Å²) in [5, 5.41) is 22.8. The van der Waals surface area contributed by atoms with Gasteiger partial charge in [0.15, 0.2) is 0 Å². The van der Waals surface area contributed by atoms with Gasteiger partial charge in [0.2, 0.25) is 0 Å². The quantitative estimate of drug-likeness (QED) is 0.689. The van der Waals surface area contributed by atoms with Gasteiger partial charge in [0.25, 0.3) is 0 Å². The molecule has 0 radical (unpaired) electrons. The topological polar surface area (TPSA) is 61.7 Å². The number of hydrogen-bond donors (Lipinski definition) is 3. The molecule has 0 saturated heterocycles. The third-order valence-corrected chi connectivity index (χ3v) is 4.50. The van der Waals surface area contributed by atoms with Crippen LogP contribution in [0.1, 0.15) is 51.0 Å². The van der Waals surface area contributed by atoms with Crippen molar-refractivity contribution < 1.29 is 14.9 Å². The maximum absolute atomic E-state index is 9.94. The van der Waals surface area contributed by atoms with Crippen LogP contribution >= 0.6 is 0 Å². The Morgan fingerprint density at radius 2 is 1.74 bits per heavy atom. The molecule has 1 aliphatic rings. The van der Waals surface area contributed by atoms with Gasteiger partial charge in [0.1, 0.15) is 5.75 Å². The Balaban J connectivity index is 1.63. The molecule has 4 heteroatoms. The first-order chi connectivity index (χ1) is 11.0. The minimum absolute atomic E-state index is 0.331. The number of rotatable bonds is 8. The molecule has 0 bridgehead atoms. The number of aromatic hydroxyl groups is 1. The number of phenolic OH excluding ortho intramolecular Hbond substituents is 1. The van der Waals surface area contributed by atoms with E-state index in [0.29, 0.717) is 43.4 Å². The Bertz CT molecular complexity index is 438. The Morgan fingerprint density at radius 1 is 1.09 bits per heavy atom. The second-order valence-electron chi connectivity index (χ2n) is 7.13. The Kier molecular flexibility index (Phi) is 7.34. The summed E-state index contributed by atoms with van der Waals surface area (Å²) in [5.74, 6) is 1.43. The minimum Gasteiger partial charge on any atom is -0.508 e. The molecule has 0 amide bonds. The summed E-state index contributed by atoms with van der Waals surface area (Å²) in [6.07, 6.45) is 4.14. The van der Waals surface area contributed by atoms with Gasteiger partial charge in [0, 0.05) is 19.2 Å². The highest BCUT2D eigenvalue weighted by molar-refractivity contribution is 5.28. The molecule has 1 unspecified atom stereocenters. The lowest BCUT2D eigenvalue weighted by molar-refractivity contribution is 0.0243. The lowest BCUT2D eigenvalue weighted by Gasteiger charge is -2.30. The van der Waals surface area contributed by atoms with E-state index in [4.69, 9.17) is 4.74 Å². The third kappa shape index (κ3) is 6.50. The molecule has 1 saturated carbocycles. The fourth-order valence-corrected chi connectivity index (χ4v) is 3.18. The summed E-state index contributed by atoms with van der Waals surface area (Å²) in [4.78, 5) is 0. The zero-order valence-corrected chi connectivity index (χ0v) is 14.4. The second-order valence-corrected chi connectivity index (χ2v) is 7.13. The van der Waals surface area contributed by atoms with E-state index in [1.165, 1.54) is 5.56 Å². The number of aliphatic hydroxyl groups is 1. The molecular weight excluding hydrogens is 290 g/mol. The van der Waals surface area contributed by atoms with Crippen LogP contribution in [0.5, 0.6) is 5.75 Å². The molecule has 130 valence electrons. The van der Waals surface area contributed by atoms with Gasteiger partial charge in [-0.1, -0.05) is 26.0 Å². The number of hydrogen-bond acceptors (Lipinski definition) is 4. The van der Waals surface area contributed by atoms with E-state index in [0.717, 1.165) is 25.7 Å². The Labute approximate surface area is 139 Å². The number of aliphatic hydroxyl groups excluding tert-OH is 1. The first-order valence-electron chi connectivity index (χ1n) is 8.82. The number of phenols is 1. The first-order valence-corrected chi connectivity index (χ1v) is 8.82. The van der Waals surface area contributed by atoms with Crippen LogP contribution in [-0.2, 0) is 4.74 Å². The largest absolute Gasteiger partial charge is 0.508 e. The van der Waals surface area contributed by atoms with E-state index in [9.17, 15) is 10.2 Å². The van der Waals surface area contributed by atoms with Crippen LogP contribution < -0.4 is 5.32 Å². The average Bonchev–Trinajstić information content (AvgIpc) is 2.54. The second kappa shape index (κ2) is 9.26. The fraction of sp³-hybridized carbons (Fsp3) is 0.684. The number of ether oxygens (including phenoxy) is 1. The molecule has 0 spiro atoms. The highest BCUT2D eigenvalue weighted by Crippen LogP contribution is 2.33. The standard InChI is InChI=1S/C19H31NO3/c1-14(2)12-23-13-19(22)11-20-17-7-3-15(4-8-17)16-5-9-18(21)10-6-16/h5-6,9-10,14-15,17,19-22H,3-4,7-8,11-13H2,1-2H3. The molecule has 0 aliphatic heterocycles. The van der Waals surface area contributed by atoms with Crippen LogP contribution in [0.25, 0.3) is 0 Å². The van der Waals surface area contributed by atoms with Gasteiger partial charge < -0.3 is 20.3 Å². The lowest BCUT2D eigenvalue weighted by atomic mass is 9.81. The van der Waals surface area contributed by atoms with Crippen molar-refractivity contribution in [1.82, 2.24) is 5.32 Å². The maximum atomic E-state index is 9.94. The molecule has 2 rings (SSSR count). The van der Waals surface area contributed by atoms with Crippen molar-refractivity contribution in [1.29, 1.82) is 0 Å². The van der Waals surface area contributed by atoms with E-state index in [-0.39, 0.29) is 0 Å². The van der Waals surface area contributed by atoms with Crippen LogP contribution in [0.15, 0.2) is 24.3 Å². The summed E-state index contributed by atoms with van der Waals surface area (Å²) in [5.41, 5.74) is 1.32. The van der Waals surface area contributed by atoms with Gasteiger partial charge in [-0.25, -0.2) is 0 Å². The molecule has 0 heterocycles. The number of benzene rings is 1. The molecule has 1 aromatic carbocycles. The summed E-state index contributed by atoms with van der Waals surface area (Å²) >= 11 is 0. The molecule has 3 N–H and O–H groups in total. The lowest BCUT2D eigenvalue weighted by Crippen LogP contribution is -2.39. The summed E-state index contributed by atoms with van der Waals surface area (Å²) in [6.45, 7) is 5.93. The van der Waals surface area contributed by atoms with Gasteiger partial charge in [0.05, 0.1) is 12.7 Å². The summed E-state index contributed by atoms with van der Waals surface area (Å²) < 4.78 is 5.47. The van der Waals surface area contributed by atoms with Gasteiger partial charge >= 0.3 is 0 Å². The smallest absolute Gasteiger partial charge is 0.115 e. The maximum Gasteiger partial charge on any atom is 0.115 e. The van der Waals surface area contributed by atoms with E-state index >= 15 is 0 Å². The zero-order valence-electron chi connectivity index (χ0n) is 14.4. The van der Waals surface area contributed by atoms with Crippen molar-refractivity contribution in [3.05, 3.63) is 29.8 Å². The number of nitrogens with one attached hydrogen (secondary N) is 1. The summed E-state index contributed by atoms with van der Waals surface area (Å²) in [6, 6.07) is 8.09. The normalized spacial score (nSPS) is 23.1. The molecule has 1 atom stereocenters. The molecule has 4 nitrogen and oxygen atoms in total. The molecule has 1 aromatic rings. The van der Waals surface area contributed by atoms with E-state index in [2.05, 4.69) is 19.2 Å². The van der Waals surface area contributed by atoms with Crippen LogP contribution in [0.2, 0.25) is 0 Å². The van der Waals surface area contributed by atoms with Crippen LogP contribution in [0, 0.1) is 5.92 Å². The molecule has 1 fully saturated rings. The monoisotopic (exact) mass is 321 g/mol.